The fraction of sp³-hybridized carbons (Fsp3) is 0.600. The van der Waals surface area contributed by atoms with Crippen LogP contribution >= 0.6 is 7.14 Å². The van der Waals surface area contributed by atoms with E-state index < -0.39 is 7.14 Å². The predicted octanol–water partition coefficient (Wildman–Crippen LogP) is 3.21. The second-order valence-corrected chi connectivity index (χ2v) is 6.41. The zero-order valence-electron chi connectivity index (χ0n) is 8.54. The van der Waals surface area contributed by atoms with Crippen LogP contribution in [-0.2, 0) is 9.30 Å². The van der Waals surface area contributed by atoms with Crippen LogP contribution in [0.5, 0.6) is 0 Å². The minimum Gasteiger partial charge on any atom is -0.501 e. The van der Waals surface area contributed by atoms with Gasteiger partial charge in [-0.1, -0.05) is 11.1 Å². The van der Waals surface area contributed by atoms with E-state index in [0.29, 0.717) is 6.61 Å². The van der Waals surface area contributed by atoms with Gasteiger partial charge in [-0.25, -0.2) is 0 Å². The van der Waals surface area contributed by atoms with Gasteiger partial charge in [-0.15, -0.1) is 0 Å². The van der Waals surface area contributed by atoms with Gasteiger partial charge in [0.05, 0.1) is 12.9 Å². The minimum atomic E-state index is -2.09. The first-order valence-corrected chi connectivity index (χ1v) is 6.74. The van der Waals surface area contributed by atoms with Crippen LogP contribution in [0.1, 0.15) is 20.8 Å². The topological polar surface area (TPSA) is 26.3 Å². The van der Waals surface area contributed by atoms with E-state index in [2.05, 4.69) is 13.8 Å². The predicted molar refractivity (Wildman–Crippen MR) is 56.5 cm³/mol. The Morgan fingerprint density at radius 1 is 1.38 bits per heavy atom. The first kappa shape index (κ1) is 10.6. The molecule has 3 heteroatoms. The summed E-state index contributed by atoms with van der Waals surface area (Å²) in [5.74, 6) is 1.76. The van der Waals surface area contributed by atoms with Crippen LogP contribution in [0.3, 0.4) is 0 Å². The van der Waals surface area contributed by atoms with Gasteiger partial charge in [-0.3, -0.25) is 0 Å². The molecule has 0 N–H and O–H groups in total. The van der Waals surface area contributed by atoms with E-state index >= 15 is 0 Å². The SMILES string of the molecule is CCOC=CP1(=O)CC(C)=C(C)C1. The molecule has 1 heterocycles. The van der Waals surface area contributed by atoms with Crippen molar-refractivity contribution in [1.82, 2.24) is 0 Å². The van der Waals surface area contributed by atoms with Crippen molar-refractivity contribution in [2.75, 3.05) is 18.9 Å². The summed E-state index contributed by atoms with van der Waals surface area (Å²) in [5, 5.41) is 0. The highest BCUT2D eigenvalue weighted by Gasteiger charge is 2.27. The van der Waals surface area contributed by atoms with Gasteiger partial charge in [0.1, 0.15) is 7.14 Å². The lowest BCUT2D eigenvalue weighted by Gasteiger charge is -2.04. The van der Waals surface area contributed by atoms with Crippen molar-refractivity contribution >= 4 is 7.14 Å². The molecule has 1 aliphatic rings. The van der Waals surface area contributed by atoms with Gasteiger partial charge in [0, 0.05) is 18.1 Å². The van der Waals surface area contributed by atoms with Crippen LogP contribution in [0.15, 0.2) is 23.2 Å². The van der Waals surface area contributed by atoms with Crippen molar-refractivity contribution in [2.45, 2.75) is 20.8 Å². The molecule has 1 rings (SSSR count). The Balaban J connectivity index is 2.59. The Labute approximate surface area is 80.0 Å². The highest BCUT2D eigenvalue weighted by atomic mass is 31.2. The number of allylic oxidation sites excluding steroid dienone is 2. The molecule has 1 aliphatic heterocycles. The Bertz CT molecular complexity index is 271. The smallest absolute Gasteiger partial charge is 0.119 e. The maximum absolute atomic E-state index is 12.1. The van der Waals surface area contributed by atoms with Crippen molar-refractivity contribution in [3.63, 3.8) is 0 Å². The highest BCUT2D eigenvalue weighted by molar-refractivity contribution is 7.67. The van der Waals surface area contributed by atoms with Crippen molar-refractivity contribution in [3.8, 4) is 0 Å². The van der Waals surface area contributed by atoms with E-state index in [0.717, 1.165) is 12.3 Å². The Morgan fingerprint density at radius 3 is 2.38 bits per heavy atom. The largest absolute Gasteiger partial charge is 0.501 e. The van der Waals surface area contributed by atoms with E-state index in [1.54, 1.807) is 12.1 Å². The monoisotopic (exact) mass is 200 g/mol. The number of hydrogen-bond acceptors (Lipinski definition) is 2. The van der Waals surface area contributed by atoms with Crippen LogP contribution in [0.2, 0.25) is 0 Å². The summed E-state index contributed by atoms with van der Waals surface area (Å²) in [6.07, 6.45) is 3.07. The van der Waals surface area contributed by atoms with Crippen molar-refractivity contribution in [3.05, 3.63) is 23.2 Å². The van der Waals surface area contributed by atoms with E-state index in [1.165, 1.54) is 11.1 Å². The summed E-state index contributed by atoms with van der Waals surface area (Å²) in [6, 6.07) is 0. The summed E-state index contributed by atoms with van der Waals surface area (Å²) >= 11 is 0. The molecule has 0 aromatic carbocycles. The first-order valence-electron chi connectivity index (χ1n) is 4.60. The van der Waals surface area contributed by atoms with Crippen LogP contribution < -0.4 is 0 Å². The van der Waals surface area contributed by atoms with E-state index in [-0.39, 0.29) is 0 Å². The average Bonchev–Trinajstić information content (AvgIpc) is 2.27. The van der Waals surface area contributed by atoms with Crippen LogP contribution in [0.25, 0.3) is 0 Å². The molecule has 0 saturated carbocycles. The molecule has 0 amide bonds. The zero-order valence-corrected chi connectivity index (χ0v) is 9.43. The molecule has 0 radical (unpaired) electrons. The Morgan fingerprint density at radius 2 is 1.92 bits per heavy atom. The van der Waals surface area contributed by atoms with Crippen LogP contribution in [0, 0.1) is 0 Å². The van der Waals surface area contributed by atoms with Gasteiger partial charge in [0.25, 0.3) is 0 Å². The van der Waals surface area contributed by atoms with Crippen LogP contribution in [0.4, 0.5) is 0 Å². The van der Waals surface area contributed by atoms with Crippen molar-refractivity contribution < 1.29 is 9.30 Å². The normalized spacial score (nSPS) is 21.5. The van der Waals surface area contributed by atoms with Crippen molar-refractivity contribution in [1.29, 1.82) is 0 Å². The second-order valence-electron chi connectivity index (χ2n) is 3.57. The molecule has 13 heavy (non-hydrogen) atoms. The van der Waals surface area contributed by atoms with Gasteiger partial charge in [0.15, 0.2) is 0 Å². The van der Waals surface area contributed by atoms with Crippen molar-refractivity contribution in [2.24, 2.45) is 0 Å². The average molecular weight is 200 g/mol. The number of rotatable bonds is 3. The highest BCUT2D eigenvalue weighted by Crippen LogP contribution is 2.55. The third-order valence-corrected chi connectivity index (χ3v) is 5.02. The minimum absolute atomic E-state index is 0.641. The third kappa shape index (κ3) is 2.73. The summed E-state index contributed by atoms with van der Waals surface area (Å²) in [6.45, 7) is 6.68. The van der Waals surface area contributed by atoms with Crippen LogP contribution in [-0.4, -0.2) is 18.9 Å². The van der Waals surface area contributed by atoms with E-state index in [4.69, 9.17) is 4.74 Å². The zero-order chi connectivity index (χ0) is 9.90. The van der Waals surface area contributed by atoms with Gasteiger partial charge < -0.3 is 9.30 Å². The second kappa shape index (κ2) is 4.15. The summed E-state index contributed by atoms with van der Waals surface area (Å²) in [5.41, 5.74) is 2.56. The molecule has 0 aromatic rings. The molecule has 0 atom stereocenters. The molecule has 2 nitrogen and oxygen atoms in total. The van der Waals surface area contributed by atoms with E-state index in [9.17, 15) is 4.57 Å². The molecule has 0 aliphatic carbocycles. The summed E-state index contributed by atoms with van der Waals surface area (Å²) in [4.78, 5) is 0. The lowest BCUT2D eigenvalue weighted by Crippen LogP contribution is -1.84. The molecule has 0 unspecified atom stereocenters. The maximum atomic E-state index is 12.1. The molecule has 0 fully saturated rings. The number of hydrogen-bond donors (Lipinski definition) is 0. The molecule has 0 saturated heterocycles. The lowest BCUT2D eigenvalue weighted by molar-refractivity contribution is 0.270. The maximum Gasteiger partial charge on any atom is 0.119 e. The van der Waals surface area contributed by atoms with E-state index in [1.807, 2.05) is 6.92 Å². The molecule has 74 valence electrons. The summed E-state index contributed by atoms with van der Waals surface area (Å²) in [7, 11) is -2.09. The molecule has 0 bridgehead atoms. The Hall–Kier alpha value is -0.490. The molecule has 0 aromatic heterocycles. The standard InChI is InChI=1S/C10H17O2P/c1-4-12-5-6-13(11)7-9(2)10(3)8-13/h5-6H,4,7-8H2,1-3H3. The van der Waals surface area contributed by atoms with Gasteiger partial charge in [-0.05, 0) is 20.8 Å². The molecular weight excluding hydrogens is 183 g/mol. The third-order valence-electron chi connectivity index (χ3n) is 2.33. The van der Waals surface area contributed by atoms with Gasteiger partial charge in [-0.2, -0.15) is 0 Å². The number of ether oxygens (including phenoxy) is 1. The van der Waals surface area contributed by atoms with Gasteiger partial charge >= 0.3 is 0 Å². The fourth-order valence-corrected chi connectivity index (χ4v) is 4.26. The first-order chi connectivity index (χ1) is 6.07. The summed E-state index contributed by atoms with van der Waals surface area (Å²) < 4.78 is 17.2. The lowest BCUT2D eigenvalue weighted by atomic mass is 10.2. The van der Waals surface area contributed by atoms with Gasteiger partial charge in [0.2, 0.25) is 0 Å². The quantitative estimate of drug-likeness (QED) is 0.397. The molecule has 0 spiro atoms. The molecular formula is C10H17O2P. The fourth-order valence-electron chi connectivity index (χ4n) is 1.48. The Kier molecular flexibility index (Phi) is 3.38.